The Kier molecular flexibility index (Phi) is 6.81. The first-order valence-corrected chi connectivity index (χ1v) is 12.1. The number of amides is 2. The molecule has 1 aromatic carbocycles. The van der Waals surface area contributed by atoms with Gasteiger partial charge in [-0.25, -0.2) is 8.42 Å². The van der Waals surface area contributed by atoms with E-state index in [0.717, 1.165) is 0 Å². The Morgan fingerprint density at radius 2 is 1.97 bits per heavy atom. The number of anilines is 1. The van der Waals surface area contributed by atoms with E-state index < -0.39 is 15.8 Å². The lowest BCUT2D eigenvalue weighted by Crippen LogP contribution is -2.45. The Balaban J connectivity index is 1.82. The summed E-state index contributed by atoms with van der Waals surface area (Å²) in [4.78, 5) is 29.2. The third-order valence-electron chi connectivity index (χ3n) is 5.62. The predicted octanol–water partition coefficient (Wildman–Crippen LogP) is 2.14. The Hall–Kier alpha value is -2.00. The van der Waals surface area contributed by atoms with E-state index in [9.17, 15) is 18.0 Å². The van der Waals surface area contributed by atoms with Crippen LogP contribution < -0.4 is 14.4 Å². The van der Waals surface area contributed by atoms with Crippen LogP contribution in [-0.4, -0.2) is 70.0 Å². The number of nitrogens with zero attached hydrogens (tertiary/aromatic N) is 2. The van der Waals surface area contributed by atoms with Crippen molar-refractivity contribution in [1.29, 1.82) is 0 Å². The van der Waals surface area contributed by atoms with Crippen LogP contribution in [0.5, 0.6) is 11.5 Å². The standard InChI is InChI=1S/C20H27ClN2O6S/c1-4-6-22(14-5-7-30(26,27)12-14)20(25)13-8-19(24)23(11-13)16-9-15(21)17(28-2)10-18(16)29-3/h9-10,13-14H,4-8,11-12H2,1-3H3. The monoisotopic (exact) mass is 458 g/mol. The van der Waals surface area contributed by atoms with Crippen molar-refractivity contribution in [2.75, 3.05) is 43.7 Å². The van der Waals surface area contributed by atoms with E-state index in [1.807, 2.05) is 6.92 Å². The lowest BCUT2D eigenvalue weighted by molar-refractivity contribution is -0.137. The number of carbonyl (C=O) groups is 2. The lowest BCUT2D eigenvalue weighted by atomic mass is 10.0. The molecule has 0 saturated carbocycles. The van der Waals surface area contributed by atoms with Crippen molar-refractivity contribution >= 4 is 38.9 Å². The Bertz CT molecular complexity index is 935. The van der Waals surface area contributed by atoms with Crippen LogP contribution in [0.15, 0.2) is 12.1 Å². The van der Waals surface area contributed by atoms with Crippen LogP contribution in [0.1, 0.15) is 26.2 Å². The fourth-order valence-corrected chi connectivity index (χ4v) is 6.10. The minimum absolute atomic E-state index is 0.00890. The highest BCUT2D eigenvalue weighted by atomic mass is 35.5. The van der Waals surface area contributed by atoms with Crippen molar-refractivity contribution in [3.63, 3.8) is 0 Å². The molecule has 1 aromatic rings. The summed E-state index contributed by atoms with van der Waals surface area (Å²) in [5.74, 6) is 0.0146. The fourth-order valence-electron chi connectivity index (χ4n) is 4.13. The Morgan fingerprint density at radius 3 is 2.53 bits per heavy atom. The molecule has 2 aliphatic rings. The third kappa shape index (κ3) is 4.51. The number of benzene rings is 1. The summed E-state index contributed by atoms with van der Waals surface area (Å²) in [6.45, 7) is 2.61. The highest BCUT2D eigenvalue weighted by molar-refractivity contribution is 7.91. The van der Waals surface area contributed by atoms with E-state index in [1.54, 1.807) is 17.0 Å². The minimum Gasteiger partial charge on any atom is -0.495 e. The van der Waals surface area contributed by atoms with Gasteiger partial charge in [0.15, 0.2) is 9.84 Å². The Labute approximate surface area is 182 Å². The maximum atomic E-state index is 13.3. The maximum absolute atomic E-state index is 13.3. The molecule has 2 aliphatic heterocycles. The smallest absolute Gasteiger partial charge is 0.228 e. The topological polar surface area (TPSA) is 93.2 Å². The zero-order valence-corrected chi connectivity index (χ0v) is 19.0. The van der Waals surface area contributed by atoms with Crippen LogP contribution in [0, 0.1) is 5.92 Å². The molecule has 0 radical (unpaired) electrons. The molecule has 30 heavy (non-hydrogen) atoms. The van der Waals surface area contributed by atoms with E-state index in [2.05, 4.69) is 0 Å². The van der Waals surface area contributed by atoms with E-state index in [4.69, 9.17) is 21.1 Å². The van der Waals surface area contributed by atoms with Crippen LogP contribution in [0.4, 0.5) is 5.69 Å². The van der Waals surface area contributed by atoms with Crippen molar-refractivity contribution in [1.82, 2.24) is 4.90 Å². The molecular weight excluding hydrogens is 432 g/mol. The normalized spacial score (nSPS) is 22.9. The van der Waals surface area contributed by atoms with Crippen LogP contribution in [-0.2, 0) is 19.4 Å². The average molecular weight is 459 g/mol. The number of ether oxygens (including phenoxy) is 2. The highest BCUT2D eigenvalue weighted by Gasteiger charge is 2.42. The molecular formula is C20H27ClN2O6S. The van der Waals surface area contributed by atoms with Crippen molar-refractivity contribution in [3.05, 3.63) is 17.2 Å². The first-order valence-electron chi connectivity index (χ1n) is 9.93. The Morgan fingerprint density at radius 1 is 1.27 bits per heavy atom. The number of hydrogen-bond acceptors (Lipinski definition) is 6. The molecule has 166 valence electrons. The highest BCUT2D eigenvalue weighted by Crippen LogP contribution is 2.40. The molecule has 0 aliphatic carbocycles. The molecule has 2 atom stereocenters. The molecule has 2 unspecified atom stereocenters. The molecule has 2 saturated heterocycles. The summed E-state index contributed by atoms with van der Waals surface area (Å²) < 4.78 is 34.4. The number of methoxy groups -OCH3 is 2. The summed E-state index contributed by atoms with van der Waals surface area (Å²) in [5.41, 5.74) is 0.481. The van der Waals surface area contributed by atoms with Crippen molar-refractivity contribution in [3.8, 4) is 11.5 Å². The van der Waals surface area contributed by atoms with Gasteiger partial charge in [0.05, 0.1) is 42.4 Å². The number of carbonyl (C=O) groups excluding carboxylic acids is 2. The minimum atomic E-state index is -3.12. The van der Waals surface area contributed by atoms with E-state index in [1.165, 1.54) is 19.1 Å². The largest absolute Gasteiger partial charge is 0.495 e. The van der Waals surface area contributed by atoms with Crippen LogP contribution in [0.25, 0.3) is 0 Å². The van der Waals surface area contributed by atoms with Crippen molar-refractivity contribution in [2.45, 2.75) is 32.2 Å². The molecule has 8 nitrogen and oxygen atoms in total. The second kappa shape index (κ2) is 9.01. The van der Waals surface area contributed by atoms with Crippen LogP contribution in [0.3, 0.4) is 0 Å². The second-order valence-electron chi connectivity index (χ2n) is 7.65. The first-order chi connectivity index (χ1) is 14.2. The molecule has 10 heteroatoms. The van der Waals surface area contributed by atoms with Crippen molar-refractivity contribution < 1.29 is 27.5 Å². The van der Waals surface area contributed by atoms with Gasteiger partial charge in [-0.2, -0.15) is 0 Å². The molecule has 2 amide bonds. The number of hydrogen-bond donors (Lipinski definition) is 0. The van der Waals surface area contributed by atoms with Gasteiger partial charge < -0.3 is 19.3 Å². The predicted molar refractivity (Wildman–Crippen MR) is 114 cm³/mol. The summed E-state index contributed by atoms with van der Waals surface area (Å²) in [6.07, 6.45) is 1.22. The van der Waals surface area contributed by atoms with Gasteiger partial charge in [-0.1, -0.05) is 18.5 Å². The summed E-state index contributed by atoms with van der Waals surface area (Å²) in [5, 5.41) is 0.333. The van der Waals surface area contributed by atoms with E-state index >= 15 is 0 Å². The maximum Gasteiger partial charge on any atom is 0.228 e. The van der Waals surface area contributed by atoms with Crippen molar-refractivity contribution in [2.24, 2.45) is 5.92 Å². The number of halogens is 1. The zero-order valence-electron chi connectivity index (χ0n) is 17.4. The molecule has 3 rings (SSSR count). The first kappa shape index (κ1) is 22.7. The van der Waals surface area contributed by atoms with E-state index in [0.29, 0.717) is 41.6 Å². The van der Waals surface area contributed by atoms with Gasteiger partial charge >= 0.3 is 0 Å². The zero-order chi connectivity index (χ0) is 22.1. The van der Waals surface area contributed by atoms with Crippen LogP contribution in [0.2, 0.25) is 5.02 Å². The van der Waals surface area contributed by atoms with Crippen LogP contribution >= 0.6 is 11.6 Å². The number of sulfone groups is 1. The van der Waals surface area contributed by atoms with Gasteiger partial charge in [-0.15, -0.1) is 0 Å². The van der Waals surface area contributed by atoms with Gasteiger partial charge in [0.2, 0.25) is 11.8 Å². The summed E-state index contributed by atoms with van der Waals surface area (Å²) in [7, 11) is -0.142. The van der Waals surface area contributed by atoms with Gasteiger partial charge in [0, 0.05) is 31.6 Å². The molecule has 0 N–H and O–H groups in total. The van der Waals surface area contributed by atoms with E-state index in [-0.39, 0.29) is 42.3 Å². The second-order valence-corrected chi connectivity index (χ2v) is 10.3. The lowest BCUT2D eigenvalue weighted by Gasteiger charge is -2.30. The van der Waals surface area contributed by atoms with Gasteiger partial charge in [0.1, 0.15) is 11.5 Å². The van der Waals surface area contributed by atoms with Gasteiger partial charge in [0.25, 0.3) is 0 Å². The number of rotatable bonds is 7. The molecule has 2 fully saturated rings. The average Bonchev–Trinajstić information content (AvgIpc) is 3.27. The van der Waals surface area contributed by atoms with Gasteiger partial charge in [-0.05, 0) is 18.9 Å². The molecule has 0 spiro atoms. The quantitative estimate of drug-likeness (QED) is 0.621. The van der Waals surface area contributed by atoms with Gasteiger partial charge in [-0.3, -0.25) is 9.59 Å². The summed E-state index contributed by atoms with van der Waals surface area (Å²) in [6, 6.07) is 2.88. The molecule has 0 bridgehead atoms. The fraction of sp³-hybridized carbons (Fsp3) is 0.600. The molecule has 2 heterocycles. The third-order valence-corrected chi connectivity index (χ3v) is 7.66. The summed E-state index contributed by atoms with van der Waals surface area (Å²) >= 11 is 6.24. The SMILES string of the molecule is CCCN(C(=O)C1CC(=O)N(c2cc(Cl)c(OC)cc2OC)C1)C1CCS(=O)(=O)C1. The molecule has 0 aromatic heterocycles.